The lowest BCUT2D eigenvalue weighted by molar-refractivity contribution is 0.329. The highest BCUT2D eigenvalue weighted by molar-refractivity contribution is 6.18. The molecule has 0 aliphatic rings. The molecule has 0 bridgehead atoms. The van der Waals surface area contributed by atoms with Crippen LogP contribution in [0.2, 0.25) is 0 Å². The smallest absolute Gasteiger partial charge is 0.0630 e. The fraction of sp³-hybridized carbons (Fsp3) is 0.769. The summed E-state index contributed by atoms with van der Waals surface area (Å²) in [5, 5.41) is 4.58. The third kappa shape index (κ3) is 3.51. The van der Waals surface area contributed by atoms with Crippen LogP contribution in [0.3, 0.4) is 0 Å². The van der Waals surface area contributed by atoms with Crippen LogP contribution in [0, 0.1) is 5.41 Å². The Morgan fingerprint density at radius 1 is 1.50 bits per heavy atom. The van der Waals surface area contributed by atoms with Gasteiger partial charge in [0.2, 0.25) is 0 Å². The van der Waals surface area contributed by atoms with Crippen LogP contribution in [0.5, 0.6) is 0 Å². The summed E-state index contributed by atoms with van der Waals surface area (Å²) in [6, 6.07) is 2.54. The third-order valence-corrected chi connectivity index (χ3v) is 3.62. The van der Waals surface area contributed by atoms with Crippen molar-refractivity contribution in [2.75, 3.05) is 5.88 Å². The van der Waals surface area contributed by atoms with Crippen molar-refractivity contribution in [3.8, 4) is 0 Å². The van der Waals surface area contributed by atoms with Gasteiger partial charge in [0.25, 0.3) is 0 Å². The second-order valence-corrected chi connectivity index (χ2v) is 5.52. The topological polar surface area (TPSA) is 17.8 Å². The number of hydrogen-bond acceptors (Lipinski definition) is 1. The Balaban J connectivity index is 2.70. The lowest BCUT2D eigenvalue weighted by atomic mass is 9.83. The number of rotatable bonds is 6. The normalized spacial score (nSPS) is 15.4. The van der Waals surface area contributed by atoms with E-state index in [1.807, 2.05) is 4.68 Å². The Morgan fingerprint density at radius 2 is 2.19 bits per heavy atom. The first-order chi connectivity index (χ1) is 7.50. The summed E-state index contributed by atoms with van der Waals surface area (Å²) in [6.45, 7) is 8.74. The molecule has 1 rings (SSSR count). The third-order valence-electron chi connectivity index (χ3n) is 2.98. The maximum absolute atomic E-state index is 6.07. The minimum absolute atomic E-state index is 0.187. The van der Waals surface area contributed by atoms with Crippen LogP contribution in [-0.4, -0.2) is 15.7 Å². The van der Waals surface area contributed by atoms with Gasteiger partial charge in [-0.1, -0.05) is 20.3 Å². The van der Waals surface area contributed by atoms with Gasteiger partial charge in [-0.2, -0.15) is 5.10 Å². The Labute approximate surface area is 104 Å². The van der Waals surface area contributed by atoms with E-state index in [0.29, 0.717) is 11.9 Å². The molecule has 0 N–H and O–H groups in total. The van der Waals surface area contributed by atoms with E-state index in [4.69, 9.17) is 11.6 Å². The van der Waals surface area contributed by atoms with Crippen LogP contribution in [-0.2, 0) is 6.42 Å². The van der Waals surface area contributed by atoms with E-state index in [1.54, 1.807) is 0 Å². The molecule has 0 amide bonds. The molecule has 3 heteroatoms. The zero-order chi connectivity index (χ0) is 12.2. The van der Waals surface area contributed by atoms with Crippen molar-refractivity contribution in [3.05, 3.63) is 18.0 Å². The number of halogens is 1. The van der Waals surface area contributed by atoms with Crippen LogP contribution in [0.25, 0.3) is 0 Å². The monoisotopic (exact) mass is 242 g/mol. The first-order valence-corrected chi connectivity index (χ1v) is 6.64. The lowest BCUT2D eigenvalue weighted by Gasteiger charge is -2.25. The van der Waals surface area contributed by atoms with E-state index in [9.17, 15) is 0 Å². The van der Waals surface area contributed by atoms with E-state index in [-0.39, 0.29) is 5.41 Å². The molecule has 1 unspecified atom stereocenters. The lowest BCUT2D eigenvalue weighted by Crippen LogP contribution is -2.22. The second kappa shape index (κ2) is 5.72. The summed E-state index contributed by atoms with van der Waals surface area (Å²) < 4.78 is 2.01. The predicted octanol–water partition coefficient (Wildman–Crippen LogP) is 4.05. The summed E-state index contributed by atoms with van der Waals surface area (Å²) in [5.74, 6) is 0.704. The van der Waals surface area contributed by atoms with Crippen molar-refractivity contribution in [1.82, 2.24) is 9.78 Å². The quantitative estimate of drug-likeness (QED) is 0.688. The molecule has 0 spiro atoms. The first-order valence-electron chi connectivity index (χ1n) is 6.11. The van der Waals surface area contributed by atoms with Crippen LogP contribution in [0.15, 0.2) is 12.3 Å². The molecule has 1 aromatic rings. The van der Waals surface area contributed by atoms with E-state index in [2.05, 4.69) is 45.1 Å². The van der Waals surface area contributed by atoms with Gasteiger partial charge in [-0.05, 0) is 38.2 Å². The molecule has 0 saturated carbocycles. The van der Waals surface area contributed by atoms with E-state index in [0.717, 1.165) is 18.5 Å². The number of alkyl halides is 1. The van der Waals surface area contributed by atoms with Gasteiger partial charge in [0.15, 0.2) is 0 Å². The van der Waals surface area contributed by atoms with Crippen molar-refractivity contribution < 1.29 is 0 Å². The molecule has 0 fully saturated rings. The molecule has 0 aliphatic carbocycles. The van der Waals surface area contributed by atoms with Crippen molar-refractivity contribution in [1.29, 1.82) is 0 Å². The highest BCUT2D eigenvalue weighted by Gasteiger charge is 2.23. The van der Waals surface area contributed by atoms with E-state index in [1.165, 1.54) is 6.42 Å². The van der Waals surface area contributed by atoms with Crippen LogP contribution in [0.4, 0.5) is 0 Å². The van der Waals surface area contributed by atoms with Gasteiger partial charge in [0.1, 0.15) is 0 Å². The maximum Gasteiger partial charge on any atom is 0.0630 e. The van der Waals surface area contributed by atoms with Gasteiger partial charge in [0.05, 0.1) is 5.69 Å². The number of aromatic nitrogens is 2. The SMILES string of the molecule is CCCC(C)(CCl)Cc1ccn(C(C)C)n1. The zero-order valence-electron chi connectivity index (χ0n) is 10.8. The van der Waals surface area contributed by atoms with E-state index < -0.39 is 0 Å². The number of nitrogens with zero attached hydrogens (tertiary/aromatic N) is 2. The minimum Gasteiger partial charge on any atom is -0.270 e. The summed E-state index contributed by atoms with van der Waals surface area (Å²) >= 11 is 6.07. The standard InChI is InChI=1S/C13H23ClN2/c1-5-7-13(4,10-14)9-12-6-8-16(15-12)11(2)3/h6,8,11H,5,7,9-10H2,1-4H3. The molecular weight excluding hydrogens is 220 g/mol. The fourth-order valence-corrected chi connectivity index (χ4v) is 2.23. The highest BCUT2D eigenvalue weighted by Crippen LogP contribution is 2.29. The number of hydrogen-bond donors (Lipinski definition) is 0. The van der Waals surface area contributed by atoms with Gasteiger partial charge in [-0.25, -0.2) is 0 Å². The van der Waals surface area contributed by atoms with E-state index >= 15 is 0 Å². The van der Waals surface area contributed by atoms with Gasteiger partial charge in [-0.15, -0.1) is 11.6 Å². The zero-order valence-corrected chi connectivity index (χ0v) is 11.6. The summed E-state index contributed by atoms with van der Waals surface area (Å²) in [5.41, 5.74) is 1.34. The molecule has 92 valence electrons. The van der Waals surface area contributed by atoms with Crippen LogP contribution < -0.4 is 0 Å². The second-order valence-electron chi connectivity index (χ2n) is 5.25. The average molecular weight is 243 g/mol. The Bertz CT molecular complexity index is 319. The Morgan fingerprint density at radius 3 is 2.62 bits per heavy atom. The molecule has 1 atom stereocenters. The molecule has 1 aromatic heterocycles. The van der Waals surface area contributed by atoms with Crippen molar-refractivity contribution in [2.24, 2.45) is 5.41 Å². The first kappa shape index (κ1) is 13.6. The highest BCUT2D eigenvalue weighted by atomic mass is 35.5. The van der Waals surface area contributed by atoms with Crippen LogP contribution >= 0.6 is 11.6 Å². The molecule has 0 radical (unpaired) electrons. The molecular formula is C13H23ClN2. The van der Waals surface area contributed by atoms with Gasteiger partial charge in [-0.3, -0.25) is 4.68 Å². The van der Waals surface area contributed by atoms with Crippen LogP contribution in [0.1, 0.15) is 52.3 Å². The molecule has 0 aromatic carbocycles. The average Bonchev–Trinajstić information content (AvgIpc) is 2.66. The van der Waals surface area contributed by atoms with Crippen molar-refractivity contribution >= 4 is 11.6 Å². The van der Waals surface area contributed by atoms with Gasteiger partial charge < -0.3 is 0 Å². The largest absolute Gasteiger partial charge is 0.270 e. The molecule has 16 heavy (non-hydrogen) atoms. The van der Waals surface area contributed by atoms with Gasteiger partial charge >= 0.3 is 0 Å². The predicted molar refractivity (Wildman–Crippen MR) is 70.1 cm³/mol. The van der Waals surface area contributed by atoms with Crippen molar-refractivity contribution in [3.63, 3.8) is 0 Å². The minimum atomic E-state index is 0.187. The van der Waals surface area contributed by atoms with Crippen molar-refractivity contribution in [2.45, 2.75) is 53.0 Å². The fourth-order valence-electron chi connectivity index (χ4n) is 2.00. The molecule has 0 aliphatic heterocycles. The maximum atomic E-state index is 6.07. The summed E-state index contributed by atoms with van der Waals surface area (Å²) in [7, 11) is 0. The molecule has 2 nitrogen and oxygen atoms in total. The molecule has 1 heterocycles. The summed E-state index contributed by atoms with van der Waals surface area (Å²) in [4.78, 5) is 0. The summed E-state index contributed by atoms with van der Waals surface area (Å²) in [6.07, 6.45) is 5.36. The Hall–Kier alpha value is -0.500. The molecule has 0 saturated heterocycles. The van der Waals surface area contributed by atoms with Gasteiger partial charge in [0, 0.05) is 18.1 Å². The Kier molecular flexibility index (Phi) is 4.85.